The summed E-state index contributed by atoms with van der Waals surface area (Å²) in [7, 11) is 3.02. The molecule has 9 heteroatoms. The van der Waals surface area contributed by atoms with Gasteiger partial charge in [-0.25, -0.2) is 0 Å². The van der Waals surface area contributed by atoms with Crippen LogP contribution in [0.25, 0.3) is 0 Å². The number of hydrogen-bond acceptors (Lipinski definition) is 5. The number of benzene rings is 2. The summed E-state index contributed by atoms with van der Waals surface area (Å²) in [5.74, 6) is -0.0450. The van der Waals surface area contributed by atoms with E-state index < -0.39 is 12.5 Å². The van der Waals surface area contributed by atoms with Gasteiger partial charge >= 0.3 is 6.61 Å². The zero-order valence-electron chi connectivity index (χ0n) is 15.9. The summed E-state index contributed by atoms with van der Waals surface area (Å²) in [6, 6.07) is 10.7. The number of methoxy groups -OCH3 is 2. The van der Waals surface area contributed by atoms with Crippen molar-refractivity contribution < 1.29 is 32.6 Å². The highest BCUT2D eigenvalue weighted by molar-refractivity contribution is 6.03. The number of carbonyl (C=O) groups is 2. The van der Waals surface area contributed by atoms with Gasteiger partial charge in [-0.05, 0) is 36.4 Å². The van der Waals surface area contributed by atoms with Crippen LogP contribution in [0.15, 0.2) is 42.5 Å². The van der Waals surface area contributed by atoms with Crippen LogP contribution in [0.3, 0.4) is 0 Å². The Hall–Kier alpha value is -3.36. The van der Waals surface area contributed by atoms with Crippen LogP contribution in [0.4, 0.5) is 20.2 Å². The fourth-order valence-corrected chi connectivity index (χ4v) is 3.09. The quantitative estimate of drug-likeness (QED) is 0.764. The molecule has 1 N–H and O–H groups in total. The maximum atomic E-state index is 12.5. The number of hydrogen-bond donors (Lipinski definition) is 1. The minimum Gasteiger partial charge on any atom is -0.493 e. The number of anilines is 2. The molecule has 1 fully saturated rings. The summed E-state index contributed by atoms with van der Waals surface area (Å²) in [6.07, 6.45) is 0.0623. The Kier molecular flexibility index (Phi) is 6.16. The second-order valence-corrected chi connectivity index (χ2v) is 6.34. The first-order valence-electron chi connectivity index (χ1n) is 8.79. The standard InChI is InChI=1S/C20H20F2N2O5/c1-27-16-8-5-14(10-17(16)28-2)24-11-12(9-18(24)25)19(26)23-13-3-6-15(7-4-13)29-20(21)22/h3-8,10,12,20H,9,11H2,1-2H3,(H,23,26). The van der Waals surface area contributed by atoms with Gasteiger partial charge in [-0.15, -0.1) is 0 Å². The Morgan fingerprint density at radius 1 is 1.10 bits per heavy atom. The van der Waals surface area contributed by atoms with E-state index in [4.69, 9.17) is 9.47 Å². The maximum Gasteiger partial charge on any atom is 0.387 e. The van der Waals surface area contributed by atoms with Crippen LogP contribution in [0, 0.1) is 5.92 Å². The third kappa shape index (κ3) is 4.74. The SMILES string of the molecule is COc1ccc(N2CC(C(=O)Nc3ccc(OC(F)F)cc3)CC2=O)cc1OC. The largest absolute Gasteiger partial charge is 0.493 e. The van der Waals surface area contributed by atoms with Crippen molar-refractivity contribution in [2.45, 2.75) is 13.0 Å². The predicted octanol–water partition coefficient (Wildman–Crippen LogP) is 3.30. The third-order valence-electron chi connectivity index (χ3n) is 4.52. The Balaban J connectivity index is 1.66. The average molecular weight is 406 g/mol. The van der Waals surface area contributed by atoms with Crippen molar-refractivity contribution in [1.82, 2.24) is 0 Å². The molecule has 1 heterocycles. The van der Waals surface area contributed by atoms with Crippen molar-refractivity contribution in [1.29, 1.82) is 0 Å². The fourth-order valence-electron chi connectivity index (χ4n) is 3.09. The van der Waals surface area contributed by atoms with E-state index >= 15 is 0 Å². The average Bonchev–Trinajstić information content (AvgIpc) is 3.10. The highest BCUT2D eigenvalue weighted by Gasteiger charge is 2.35. The van der Waals surface area contributed by atoms with Crippen molar-refractivity contribution >= 4 is 23.2 Å². The monoisotopic (exact) mass is 406 g/mol. The Bertz CT molecular complexity index is 889. The first kappa shape index (κ1) is 20.4. The van der Waals surface area contributed by atoms with Crippen molar-refractivity contribution in [3.05, 3.63) is 42.5 Å². The molecule has 0 aromatic heterocycles. The van der Waals surface area contributed by atoms with Gasteiger partial charge in [0.05, 0.1) is 20.1 Å². The molecule has 0 spiro atoms. The number of nitrogens with one attached hydrogen (secondary N) is 1. The highest BCUT2D eigenvalue weighted by Crippen LogP contribution is 2.34. The molecule has 0 saturated carbocycles. The van der Waals surface area contributed by atoms with Gasteiger partial charge in [0.15, 0.2) is 11.5 Å². The molecule has 0 aliphatic carbocycles. The summed E-state index contributed by atoms with van der Waals surface area (Å²) >= 11 is 0. The zero-order valence-corrected chi connectivity index (χ0v) is 15.9. The van der Waals surface area contributed by atoms with E-state index in [2.05, 4.69) is 10.1 Å². The summed E-state index contributed by atoms with van der Waals surface area (Å²) in [6.45, 7) is -2.70. The first-order valence-corrected chi connectivity index (χ1v) is 8.79. The van der Waals surface area contributed by atoms with Crippen LogP contribution in [0.2, 0.25) is 0 Å². The molecule has 0 bridgehead atoms. The molecule has 0 radical (unpaired) electrons. The third-order valence-corrected chi connectivity index (χ3v) is 4.52. The molecule has 3 rings (SSSR count). The fraction of sp³-hybridized carbons (Fsp3) is 0.300. The number of carbonyl (C=O) groups excluding carboxylic acids is 2. The molecule has 2 aromatic rings. The van der Waals surface area contributed by atoms with Crippen LogP contribution in [-0.4, -0.2) is 39.2 Å². The Morgan fingerprint density at radius 2 is 1.79 bits per heavy atom. The van der Waals surface area contributed by atoms with E-state index in [0.29, 0.717) is 22.9 Å². The van der Waals surface area contributed by atoms with E-state index in [1.807, 2.05) is 0 Å². The molecule has 2 amide bonds. The summed E-state index contributed by atoms with van der Waals surface area (Å²) in [5, 5.41) is 2.69. The molecular weight excluding hydrogens is 386 g/mol. The molecule has 2 aromatic carbocycles. The minimum atomic E-state index is -2.91. The Morgan fingerprint density at radius 3 is 2.41 bits per heavy atom. The molecule has 1 saturated heterocycles. The van der Waals surface area contributed by atoms with Crippen LogP contribution in [0.1, 0.15) is 6.42 Å². The van der Waals surface area contributed by atoms with E-state index in [9.17, 15) is 18.4 Å². The highest BCUT2D eigenvalue weighted by atomic mass is 19.3. The smallest absolute Gasteiger partial charge is 0.387 e. The van der Waals surface area contributed by atoms with E-state index in [1.165, 1.54) is 43.4 Å². The van der Waals surface area contributed by atoms with E-state index in [-0.39, 0.29) is 30.5 Å². The maximum absolute atomic E-state index is 12.5. The second-order valence-electron chi connectivity index (χ2n) is 6.34. The molecule has 1 atom stereocenters. The number of halogens is 2. The number of ether oxygens (including phenoxy) is 3. The molecular formula is C20H20F2N2O5. The molecule has 154 valence electrons. The number of rotatable bonds is 7. The second kappa shape index (κ2) is 8.76. The lowest BCUT2D eigenvalue weighted by Gasteiger charge is -2.18. The summed E-state index contributed by atoms with van der Waals surface area (Å²) < 4.78 is 39.1. The van der Waals surface area contributed by atoms with Crippen molar-refractivity contribution in [3.8, 4) is 17.2 Å². The van der Waals surface area contributed by atoms with Gasteiger partial charge < -0.3 is 24.4 Å². The van der Waals surface area contributed by atoms with Gasteiger partial charge in [0.25, 0.3) is 0 Å². The summed E-state index contributed by atoms with van der Waals surface area (Å²) in [5.41, 5.74) is 1.03. The minimum absolute atomic E-state index is 0.00586. The van der Waals surface area contributed by atoms with Crippen LogP contribution >= 0.6 is 0 Å². The van der Waals surface area contributed by atoms with Gasteiger partial charge in [-0.2, -0.15) is 8.78 Å². The van der Waals surface area contributed by atoms with Crippen molar-refractivity contribution in [2.24, 2.45) is 5.92 Å². The van der Waals surface area contributed by atoms with Crippen LogP contribution in [0.5, 0.6) is 17.2 Å². The van der Waals surface area contributed by atoms with E-state index in [0.717, 1.165) is 0 Å². The number of amides is 2. The molecule has 1 aliphatic rings. The number of alkyl halides is 2. The van der Waals surface area contributed by atoms with Crippen molar-refractivity contribution in [2.75, 3.05) is 31.0 Å². The zero-order chi connectivity index (χ0) is 21.0. The van der Waals surface area contributed by atoms with Crippen LogP contribution in [-0.2, 0) is 9.59 Å². The topological polar surface area (TPSA) is 77.1 Å². The van der Waals surface area contributed by atoms with Gasteiger partial charge in [-0.3, -0.25) is 9.59 Å². The van der Waals surface area contributed by atoms with Gasteiger partial charge in [-0.1, -0.05) is 0 Å². The van der Waals surface area contributed by atoms with E-state index in [1.54, 1.807) is 18.2 Å². The lowest BCUT2D eigenvalue weighted by molar-refractivity contribution is -0.122. The first-order chi connectivity index (χ1) is 13.9. The van der Waals surface area contributed by atoms with Crippen LogP contribution < -0.4 is 24.4 Å². The predicted molar refractivity (Wildman–Crippen MR) is 102 cm³/mol. The Labute approximate surface area is 166 Å². The molecule has 1 unspecified atom stereocenters. The lowest BCUT2D eigenvalue weighted by Crippen LogP contribution is -2.28. The molecule has 7 nitrogen and oxygen atoms in total. The van der Waals surface area contributed by atoms with Crippen molar-refractivity contribution in [3.63, 3.8) is 0 Å². The van der Waals surface area contributed by atoms with Gasteiger partial charge in [0.2, 0.25) is 11.8 Å². The normalized spacial score (nSPS) is 16.1. The van der Waals surface area contributed by atoms with Gasteiger partial charge in [0, 0.05) is 30.4 Å². The number of nitrogens with zero attached hydrogens (tertiary/aromatic N) is 1. The van der Waals surface area contributed by atoms with Gasteiger partial charge in [0.1, 0.15) is 5.75 Å². The lowest BCUT2D eigenvalue weighted by atomic mass is 10.1. The summed E-state index contributed by atoms with van der Waals surface area (Å²) in [4.78, 5) is 26.5. The molecule has 29 heavy (non-hydrogen) atoms. The molecule has 1 aliphatic heterocycles.